The number of benzene rings is 2. The van der Waals surface area contributed by atoms with Gasteiger partial charge in [0.1, 0.15) is 12.8 Å². The van der Waals surface area contributed by atoms with Gasteiger partial charge in [0.2, 0.25) is 0 Å². The zero-order chi connectivity index (χ0) is 16.9. The molecule has 0 fully saturated rings. The van der Waals surface area contributed by atoms with Crippen LogP contribution >= 0.6 is 0 Å². The van der Waals surface area contributed by atoms with Gasteiger partial charge in [-0.05, 0) is 12.1 Å². The molecule has 0 radical (unpaired) electrons. The molecule has 1 N–H and O–H groups in total. The van der Waals surface area contributed by atoms with E-state index >= 15 is 0 Å². The zero-order valence-electron chi connectivity index (χ0n) is 13.2. The highest BCUT2D eigenvalue weighted by molar-refractivity contribution is 7.90. The average molecular weight is 333 g/mol. The Morgan fingerprint density at radius 1 is 1.04 bits per heavy atom. The van der Waals surface area contributed by atoms with Crippen LogP contribution in [0.5, 0.6) is 0 Å². The van der Waals surface area contributed by atoms with E-state index < -0.39 is 10.2 Å². The molecule has 0 spiro atoms. The minimum absolute atomic E-state index is 0.455. The van der Waals surface area contributed by atoms with E-state index in [4.69, 9.17) is 4.84 Å². The normalized spacial score (nSPS) is 12.3. The Bertz CT molecular complexity index is 787. The zero-order valence-corrected chi connectivity index (χ0v) is 14.0. The van der Waals surface area contributed by atoms with Crippen molar-refractivity contribution in [3.63, 3.8) is 0 Å². The molecule has 0 saturated heterocycles. The Balaban J connectivity index is 2.40. The Morgan fingerprint density at radius 3 is 2.30 bits per heavy atom. The van der Waals surface area contributed by atoms with Crippen LogP contribution in [0.25, 0.3) is 0 Å². The minimum Gasteiger partial charge on any atom is -0.399 e. The largest absolute Gasteiger partial charge is 0.399 e. The molecule has 122 valence electrons. The fourth-order valence-corrected chi connectivity index (χ4v) is 2.54. The van der Waals surface area contributed by atoms with Gasteiger partial charge in [-0.3, -0.25) is 4.72 Å². The quantitative estimate of drug-likeness (QED) is 0.651. The van der Waals surface area contributed by atoms with E-state index in [1.165, 1.54) is 21.2 Å². The highest BCUT2D eigenvalue weighted by Gasteiger charge is 2.14. The van der Waals surface area contributed by atoms with E-state index in [9.17, 15) is 8.42 Å². The van der Waals surface area contributed by atoms with Crippen LogP contribution in [-0.2, 0) is 15.0 Å². The minimum atomic E-state index is -3.56. The maximum atomic E-state index is 11.9. The van der Waals surface area contributed by atoms with Crippen LogP contribution in [0.3, 0.4) is 0 Å². The van der Waals surface area contributed by atoms with Crippen molar-refractivity contribution in [3.05, 3.63) is 65.7 Å². The Hall–Kier alpha value is -2.38. The van der Waals surface area contributed by atoms with Gasteiger partial charge in [0.15, 0.2) is 0 Å². The number of hydrogen-bond donors (Lipinski definition) is 1. The SMILES string of the molecule is CON=C(c1ccccc1)c1cccc(NS(=O)(=O)N(C)C)c1. The third kappa shape index (κ3) is 4.30. The van der Waals surface area contributed by atoms with Gasteiger partial charge in [-0.15, -0.1) is 0 Å². The lowest BCUT2D eigenvalue weighted by Crippen LogP contribution is -2.29. The summed E-state index contributed by atoms with van der Waals surface area (Å²) in [4.78, 5) is 4.93. The van der Waals surface area contributed by atoms with E-state index in [0.717, 1.165) is 15.4 Å². The predicted octanol–water partition coefficient (Wildman–Crippen LogP) is 2.30. The lowest BCUT2D eigenvalue weighted by molar-refractivity contribution is 0.214. The second-order valence-corrected chi connectivity index (χ2v) is 6.84. The summed E-state index contributed by atoms with van der Waals surface area (Å²) in [7, 11) is 0.848. The molecule has 0 aliphatic heterocycles. The van der Waals surface area contributed by atoms with Gasteiger partial charge >= 0.3 is 10.2 Å². The summed E-state index contributed by atoms with van der Waals surface area (Å²) >= 11 is 0. The van der Waals surface area contributed by atoms with Crippen molar-refractivity contribution in [2.24, 2.45) is 5.16 Å². The molecule has 0 aliphatic carbocycles. The van der Waals surface area contributed by atoms with E-state index in [-0.39, 0.29) is 0 Å². The van der Waals surface area contributed by atoms with Gasteiger partial charge in [0.05, 0.1) is 5.69 Å². The standard InChI is InChI=1S/C16H19N3O3S/c1-19(2)23(20,21)18-15-11-7-10-14(12-15)16(17-22-3)13-8-5-4-6-9-13/h4-12,18H,1-3H3. The number of anilines is 1. The summed E-state index contributed by atoms with van der Waals surface area (Å²) in [6.07, 6.45) is 0. The predicted molar refractivity (Wildman–Crippen MR) is 91.8 cm³/mol. The summed E-state index contributed by atoms with van der Waals surface area (Å²) in [6.45, 7) is 0. The number of nitrogens with zero attached hydrogens (tertiary/aromatic N) is 2. The van der Waals surface area contributed by atoms with E-state index in [0.29, 0.717) is 11.4 Å². The lowest BCUT2D eigenvalue weighted by Gasteiger charge is -2.14. The molecule has 0 aromatic heterocycles. The fourth-order valence-electron chi connectivity index (χ4n) is 1.93. The molecule has 0 heterocycles. The molecular weight excluding hydrogens is 314 g/mol. The molecule has 2 aromatic rings. The van der Waals surface area contributed by atoms with Gasteiger partial charge in [-0.2, -0.15) is 12.7 Å². The molecule has 0 saturated carbocycles. The van der Waals surface area contributed by atoms with Crippen LogP contribution in [0.1, 0.15) is 11.1 Å². The Labute approximate surface area is 136 Å². The maximum absolute atomic E-state index is 11.9. The average Bonchev–Trinajstić information content (AvgIpc) is 2.53. The highest BCUT2D eigenvalue weighted by Crippen LogP contribution is 2.17. The maximum Gasteiger partial charge on any atom is 0.301 e. The molecule has 0 atom stereocenters. The molecule has 2 aromatic carbocycles. The lowest BCUT2D eigenvalue weighted by atomic mass is 10.0. The molecular formula is C16H19N3O3S. The first-order valence-electron chi connectivity index (χ1n) is 6.91. The van der Waals surface area contributed by atoms with Gasteiger partial charge in [-0.1, -0.05) is 47.6 Å². The molecule has 0 aliphatic rings. The van der Waals surface area contributed by atoms with Crippen molar-refractivity contribution in [2.45, 2.75) is 0 Å². The molecule has 7 heteroatoms. The van der Waals surface area contributed by atoms with E-state index in [1.807, 2.05) is 36.4 Å². The van der Waals surface area contributed by atoms with Gasteiger partial charge in [0.25, 0.3) is 0 Å². The van der Waals surface area contributed by atoms with Crippen LogP contribution in [0.2, 0.25) is 0 Å². The van der Waals surface area contributed by atoms with Crippen LogP contribution in [0.4, 0.5) is 5.69 Å². The molecule has 0 bridgehead atoms. The topological polar surface area (TPSA) is 71.0 Å². The number of nitrogens with one attached hydrogen (secondary N) is 1. The van der Waals surface area contributed by atoms with Crippen LogP contribution in [0.15, 0.2) is 59.8 Å². The molecule has 0 amide bonds. The van der Waals surface area contributed by atoms with Crippen molar-refractivity contribution in [2.75, 3.05) is 25.9 Å². The number of oxime groups is 1. The van der Waals surface area contributed by atoms with Crippen LogP contribution in [0, 0.1) is 0 Å². The Morgan fingerprint density at radius 2 is 1.70 bits per heavy atom. The van der Waals surface area contributed by atoms with Crippen molar-refractivity contribution in [3.8, 4) is 0 Å². The van der Waals surface area contributed by atoms with Gasteiger partial charge in [0, 0.05) is 25.2 Å². The van der Waals surface area contributed by atoms with E-state index in [1.54, 1.807) is 18.2 Å². The first-order valence-corrected chi connectivity index (χ1v) is 8.35. The summed E-state index contributed by atoms with van der Waals surface area (Å²) in [5.74, 6) is 0. The summed E-state index contributed by atoms with van der Waals surface area (Å²) in [6, 6.07) is 16.5. The van der Waals surface area contributed by atoms with Crippen molar-refractivity contribution in [1.29, 1.82) is 0 Å². The smallest absolute Gasteiger partial charge is 0.301 e. The van der Waals surface area contributed by atoms with E-state index in [2.05, 4.69) is 9.88 Å². The Kier molecular flexibility index (Phi) is 5.36. The molecule has 0 unspecified atom stereocenters. The number of rotatable bonds is 6. The second-order valence-electron chi connectivity index (χ2n) is 4.96. The number of hydrogen-bond acceptors (Lipinski definition) is 4. The second kappa shape index (κ2) is 7.26. The van der Waals surface area contributed by atoms with Crippen molar-refractivity contribution in [1.82, 2.24) is 4.31 Å². The first kappa shape index (κ1) is 17.0. The molecule has 6 nitrogen and oxygen atoms in total. The fraction of sp³-hybridized carbons (Fsp3) is 0.188. The van der Waals surface area contributed by atoms with Crippen molar-refractivity contribution < 1.29 is 13.3 Å². The monoisotopic (exact) mass is 333 g/mol. The summed E-state index contributed by atoms with van der Waals surface area (Å²) in [5.41, 5.74) is 2.70. The summed E-state index contributed by atoms with van der Waals surface area (Å²) < 4.78 is 27.5. The molecule has 2 rings (SSSR count). The van der Waals surface area contributed by atoms with Crippen LogP contribution in [-0.4, -0.2) is 39.6 Å². The molecule has 23 heavy (non-hydrogen) atoms. The van der Waals surface area contributed by atoms with Gasteiger partial charge in [-0.25, -0.2) is 0 Å². The first-order chi connectivity index (χ1) is 10.9. The third-order valence-corrected chi connectivity index (χ3v) is 4.55. The van der Waals surface area contributed by atoms with Crippen LogP contribution < -0.4 is 4.72 Å². The van der Waals surface area contributed by atoms with Crippen molar-refractivity contribution >= 4 is 21.6 Å². The highest BCUT2D eigenvalue weighted by atomic mass is 32.2. The third-order valence-electron chi connectivity index (χ3n) is 3.09. The summed E-state index contributed by atoms with van der Waals surface area (Å²) in [5, 5.41) is 4.07. The van der Waals surface area contributed by atoms with Gasteiger partial charge < -0.3 is 4.84 Å².